The first-order valence-corrected chi connectivity index (χ1v) is 11.8. The van der Waals surface area contributed by atoms with Gasteiger partial charge < -0.3 is 5.32 Å². The molecule has 192 valence electrons. The Hall–Kier alpha value is -3.20. The Morgan fingerprint density at radius 3 is 2.31 bits per heavy atom. The third-order valence-corrected chi connectivity index (χ3v) is 6.30. The fourth-order valence-electron chi connectivity index (χ4n) is 3.62. The third kappa shape index (κ3) is 5.95. The SMILES string of the molecule is Cc1c(CNC(=O)C(C)(C)C(F)(F)F)ccc(Cl)c1-c1nc(-c2ccc(CC(C)C)cc2)nc(=O)[nH]1. The maximum absolute atomic E-state index is 13.2. The van der Waals surface area contributed by atoms with Crippen LogP contribution in [0.2, 0.25) is 5.02 Å². The molecule has 1 aromatic heterocycles. The molecule has 0 aliphatic rings. The Labute approximate surface area is 212 Å². The summed E-state index contributed by atoms with van der Waals surface area (Å²) in [6, 6.07) is 10.8. The minimum absolute atomic E-state index is 0.159. The van der Waals surface area contributed by atoms with Gasteiger partial charge in [-0.2, -0.15) is 18.2 Å². The van der Waals surface area contributed by atoms with Crippen molar-refractivity contribution in [2.24, 2.45) is 11.3 Å². The molecule has 6 nitrogen and oxygen atoms in total. The van der Waals surface area contributed by atoms with E-state index in [1.54, 1.807) is 19.1 Å². The highest BCUT2D eigenvalue weighted by atomic mass is 35.5. The van der Waals surface area contributed by atoms with Gasteiger partial charge in [-0.3, -0.25) is 9.78 Å². The average molecular weight is 521 g/mol. The summed E-state index contributed by atoms with van der Waals surface area (Å²) < 4.78 is 39.6. The number of nitrogens with one attached hydrogen (secondary N) is 2. The molecule has 0 aliphatic heterocycles. The van der Waals surface area contributed by atoms with E-state index < -0.39 is 23.2 Å². The first kappa shape index (κ1) is 27.4. The molecule has 0 atom stereocenters. The number of amides is 1. The van der Waals surface area contributed by atoms with E-state index in [1.165, 1.54) is 0 Å². The molecule has 0 spiro atoms. The summed E-state index contributed by atoms with van der Waals surface area (Å²) in [7, 11) is 0. The summed E-state index contributed by atoms with van der Waals surface area (Å²) in [4.78, 5) is 35.7. The minimum atomic E-state index is -4.69. The van der Waals surface area contributed by atoms with Gasteiger partial charge in [0.25, 0.3) is 0 Å². The van der Waals surface area contributed by atoms with Crippen molar-refractivity contribution < 1.29 is 18.0 Å². The lowest BCUT2D eigenvalue weighted by Crippen LogP contribution is -2.46. The van der Waals surface area contributed by atoms with E-state index in [9.17, 15) is 22.8 Å². The first-order valence-electron chi connectivity index (χ1n) is 11.4. The quantitative estimate of drug-likeness (QED) is 0.408. The molecule has 0 aliphatic carbocycles. The second kappa shape index (κ2) is 10.4. The van der Waals surface area contributed by atoms with Gasteiger partial charge in [-0.25, -0.2) is 9.78 Å². The van der Waals surface area contributed by atoms with Crippen LogP contribution in [-0.4, -0.2) is 27.0 Å². The molecule has 1 heterocycles. The van der Waals surface area contributed by atoms with Crippen molar-refractivity contribution in [2.45, 2.75) is 53.8 Å². The first-order chi connectivity index (χ1) is 16.7. The number of nitrogens with zero attached hydrogens (tertiary/aromatic N) is 2. The van der Waals surface area contributed by atoms with Gasteiger partial charge in [-0.05, 0) is 55.9 Å². The van der Waals surface area contributed by atoms with Gasteiger partial charge in [-0.1, -0.05) is 55.8 Å². The number of hydrogen-bond donors (Lipinski definition) is 2. The summed E-state index contributed by atoms with van der Waals surface area (Å²) in [5, 5.41) is 2.63. The Morgan fingerprint density at radius 2 is 1.72 bits per heavy atom. The molecule has 3 rings (SSSR count). The number of benzene rings is 2. The summed E-state index contributed by atoms with van der Waals surface area (Å²) >= 11 is 6.43. The van der Waals surface area contributed by atoms with Crippen LogP contribution in [-0.2, 0) is 17.8 Å². The summed E-state index contributed by atoms with van der Waals surface area (Å²) in [6.45, 7) is 7.44. The second-order valence-corrected chi connectivity index (χ2v) is 10.0. The molecule has 0 radical (unpaired) electrons. The van der Waals surface area contributed by atoms with Crippen LogP contribution in [0.3, 0.4) is 0 Å². The zero-order chi connectivity index (χ0) is 26.8. The lowest BCUT2D eigenvalue weighted by Gasteiger charge is -2.26. The van der Waals surface area contributed by atoms with E-state index in [1.807, 2.05) is 24.3 Å². The Morgan fingerprint density at radius 1 is 1.08 bits per heavy atom. The fourth-order valence-corrected chi connectivity index (χ4v) is 3.92. The second-order valence-electron chi connectivity index (χ2n) is 9.63. The molecular weight excluding hydrogens is 493 g/mol. The van der Waals surface area contributed by atoms with E-state index in [0.29, 0.717) is 28.2 Å². The molecular formula is C26H28ClF3N4O2. The van der Waals surface area contributed by atoms with Crippen LogP contribution in [0.5, 0.6) is 0 Å². The molecule has 0 fully saturated rings. The van der Waals surface area contributed by atoms with E-state index >= 15 is 0 Å². The molecule has 10 heteroatoms. The highest BCUT2D eigenvalue weighted by Gasteiger charge is 2.52. The summed E-state index contributed by atoms with van der Waals surface area (Å²) in [6.07, 6.45) is -3.78. The van der Waals surface area contributed by atoms with Crippen LogP contribution in [0.1, 0.15) is 44.4 Å². The van der Waals surface area contributed by atoms with E-state index in [4.69, 9.17) is 11.6 Å². The summed E-state index contributed by atoms with van der Waals surface area (Å²) in [5.41, 5.74) is 0.119. The zero-order valence-electron chi connectivity index (χ0n) is 20.7. The molecule has 0 saturated heterocycles. The van der Waals surface area contributed by atoms with Gasteiger partial charge in [-0.15, -0.1) is 0 Å². The number of aromatic amines is 1. The number of rotatable bonds is 7. The van der Waals surface area contributed by atoms with Crippen molar-refractivity contribution in [1.29, 1.82) is 0 Å². The molecule has 0 saturated carbocycles. The minimum Gasteiger partial charge on any atom is -0.351 e. The molecule has 2 N–H and O–H groups in total. The Bertz CT molecular complexity index is 1320. The monoisotopic (exact) mass is 520 g/mol. The van der Waals surface area contributed by atoms with Crippen LogP contribution in [0.15, 0.2) is 41.2 Å². The van der Waals surface area contributed by atoms with Gasteiger partial charge in [0.1, 0.15) is 11.2 Å². The molecule has 0 unspecified atom stereocenters. The van der Waals surface area contributed by atoms with Crippen LogP contribution < -0.4 is 11.0 Å². The number of H-pyrrole nitrogens is 1. The Kier molecular flexibility index (Phi) is 7.93. The van der Waals surface area contributed by atoms with Gasteiger partial charge in [0, 0.05) is 17.7 Å². The van der Waals surface area contributed by atoms with Gasteiger partial charge in [0.15, 0.2) is 5.82 Å². The van der Waals surface area contributed by atoms with Gasteiger partial charge >= 0.3 is 11.9 Å². The van der Waals surface area contributed by atoms with Crippen molar-refractivity contribution in [3.63, 3.8) is 0 Å². The third-order valence-electron chi connectivity index (χ3n) is 5.99. The van der Waals surface area contributed by atoms with Crippen LogP contribution in [0, 0.1) is 18.3 Å². The van der Waals surface area contributed by atoms with Crippen molar-refractivity contribution in [3.05, 3.63) is 68.6 Å². The average Bonchev–Trinajstić information content (AvgIpc) is 2.77. The number of carbonyl (C=O) groups is 1. The van der Waals surface area contributed by atoms with E-state index in [2.05, 4.69) is 34.1 Å². The predicted molar refractivity (Wildman–Crippen MR) is 133 cm³/mol. The van der Waals surface area contributed by atoms with E-state index in [0.717, 1.165) is 25.8 Å². The number of aromatic nitrogens is 3. The topological polar surface area (TPSA) is 87.7 Å². The maximum atomic E-state index is 13.2. The van der Waals surface area contributed by atoms with Crippen molar-refractivity contribution >= 4 is 17.5 Å². The highest BCUT2D eigenvalue weighted by molar-refractivity contribution is 6.33. The zero-order valence-corrected chi connectivity index (χ0v) is 21.4. The normalized spacial score (nSPS) is 12.2. The van der Waals surface area contributed by atoms with Crippen molar-refractivity contribution in [1.82, 2.24) is 20.3 Å². The van der Waals surface area contributed by atoms with Gasteiger partial charge in [0.2, 0.25) is 5.91 Å². The maximum Gasteiger partial charge on any atom is 0.402 e. The molecule has 1 amide bonds. The smallest absolute Gasteiger partial charge is 0.351 e. The highest BCUT2D eigenvalue weighted by Crippen LogP contribution is 2.38. The molecule has 3 aromatic rings. The van der Waals surface area contributed by atoms with Crippen LogP contribution in [0.25, 0.3) is 22.8 Å². The predicted octanol–water partition coefficient (Wildman–Crippen LogP) is 5.86. The van der Waals surface area contributed by atoms with Gasteiger partial charge in [0.05, 0.1) is 5.02 Å². The number of hydrogen-bond acceptors (Lipinski definition) is 4. The molecule has 0 bridgehead atoms. The largest absolute Gasteiger partial charge is 0.402 e. The van der Waals surface area contributed by atoms with E-state index in [-0.39, 0.29) is 23.2 Å². The van der Waals surface area contributed by atoms with Crippen molar-refractivity contribution in [2.75, 3.05) is 0 Å². The molecule has 2 aromatic carbocycles. The number of alkyl halides is 3. The summed E-state index contributed by atoms with van der Waals surface area (Å²) in [5.74, 6) is -0.266. The lowest BCUT2D eigenvalue weighted by atomic mass is 9.91. The number of carbonyl (C=O) groups excluding carboxylic acids is 1. The Balaban J connectivity index is 1.94. The lowest BCUT2D eigenvalue weighted by molar-refractivity contribution is -0.211. The molecule has 36 heavy (non-hydrogen) atoms. The standard InChI is InChI=1S/C26H28ClF3N4O2/c1-14(2)12-16-6-8-17(9-7-16)21-32-22(34-24(36)33-21)20-15(3)18(10-11-19(20)27)13-31-23(35)25(4,5)26(28,29)30/h6-11,14H,12-13H2,1-5H3,(H,31,35)(H,32,33,34,36). The fraction of sp³-hybridized carbons (Fsp3) is 0.385. The van der Waals surface area contributed by atoms with Crippen LogP contribution >= 0.6 is 11.6 Å². The van der Waals surface area contributed by atoms with Crippen LogP contribution in [0.4, 0.5) is 13.2 Å². The number of halogens is 4. The van der Waals surface area contributed by atoms with Crippen molar-refractivity contribution in [3.8, 4) is 22.8 Å².